The first kappa shape index (κ1) is 13.8. The lowest BCUT2D eigenvalue weighted by molar-refractivity contribution is 0.0917. The third kappa shape index (κ3) is 2.85. The lowest BCUT2D eigenvalue weighted by Gasteiger charge is -2.23. The summed E-state index contributed by atoms with van der Waals surface area (Å²) in [5.41, 5.74) is 5.20. The fraction of sp³-hybridized carbons (Fsp3) is 0.364. The number of nitrogens with two attached hydrogens (primary N) is 1. The molecule has 0 aromatic carbocycles. The van der Waals surface area contributed by atoms with Crippen molar-refractivity contribution in [3.63, 3.8) is 0 Å². The van der Waals surface area contributed by atoms with Crippen molar-refractivity contribution in [1.82, 2.24) is 15.3 Å². The number of hydrogen-bond acceptors (Lipinski definition) is 7. The van der Waals surface area contributed by atoms with Crippen LogP contribution in [0.3, 0.4) is 0 Å². The molecule has 0 fully saturated rings. The Hall–Kier alpha value is -1.67. The number of carbonyl (C=O) groups excluding carboxylic acids is 1. The molecule has 0 aliphatic heterocycles. The van der Waals surface area contributed by atoms with Gasteiger partial charge in [-0.2, -0.15) is 0 Å². The van der Waals surface area contributed by atoms with Crippen molar-refractivity contribution >= 4 is 39.5 Å². The summed E-state index contributed by atoms with van der Waals surface area (Å²) in [4.78, 5) is 20.9. The predicted octanol–water partition coefficient (Wildman–Crippen LogP) is 1.89. The van der Waals surface area contributed by atoms with Crippen LogP contribution in [0.2, 0.25) is 0 Å². The Labute approximate surface area is 119 Å². The molecule has 1 amide bonds. The van der Waals surface area contributed by atoms with Gasteiger partial charge in [-0.1, -0.05) is 11.3 Å². The van der Waals surface area contributed by atoms with Crippen molar-refractivity contribution < 1.29 is 4.79 Å². The van der Waals surface area contributed by atoms with Gasteiger partial charge in [0.15, 0.2) is 5.13 Å². The second-order valence-electron chi connectivity index (χ2n) is 4.40. The fourth-order valence-corrected chi connectivity index (χ4v) is 2.98. The summed E-state index contributed by atoms with van der Waals surface area (Å²) in [7, 11) is 1.74. The number of aromatic nitrogens is 2. The van der Waals surface area contributed by atoms with Gasteiger partial charge in [-0.3, -0.25) is 4.79 Å². The minimum absolute atomic E-state index is 0.238. The third-order valence-corrected chi connectivity index (χ3v) is 4.65. The monoisotopic (exact) mass is 297 g/mol. The predicted molar refractivity (Wildman–Crippen MR) is 78.7 cm³/mol. The van der Waals surface area contributed by atoms with Crippen LogP contribution in [0.1, 0.15) is 28.5 Å². The lowest BCUT2D eigenvalue weighted by Crippen LogP contribution is -2.40. The number of carbonyl (C=O) groups is 1. The van der Waals surface area contributed by atoms with Gasteiger partial charge in [0.05, 0.1) is 5.54 Å². The first-order valence-corrected chi connectivity index (χ1v) is 7.30. The standard InChI is InChI=1S/C11H15N5OS2/c1-11(2,9-14-4-5-18-9)16-8(17)6-7(12)15-10(13-3)19-6/h4-5H,12H2,1-3H3,(H,13,15)(H,16,17). The summed E-state index contributed by atoms with van der Waals surface area (Å²) in [6.45, 7) is 3.81. The molecule has 2 aromatic rings. The largest absolute Gasteiger partial charge is 0.382 e. The van der Waals surface area contributed by atoms with E-state index in [1.165, 1.54) is 22.7 Å². The van der Waals surface area contributed by atoms with Gasteiger partial charge < -0.3 is 16.4 Å². The molecule has 4 N–H and O–H groups in total. The molecule has 6 nitrogen and oxygen atoms in total. The van der Waals surface area contributed by atoms with E-state index in [0.29, 0.717) is 10.0 Å². The molecule has 2 aromatic heterocycles. The van der Waals surface area contributed by atoms with Gasteiger partial charge in [-0.15, -0.1) is 11.3 Å². The van der Waals surface area contributed by atoms with E-state index in [9.17, 15) is 4.79 Å². The van der Waals surface area contributed by atoms with Crippen molar-refractivity contribution in [3.8, 4) is 0 Å². The highest BCUT2D eigenvalue weighted by Gasteiger charge is 2.28. The molecule has 0 unspecified atom stereocenters. The van der Waals surface area contributed by atoms with Gasteiger partial charge in [0, 0.05) is 18.6 Å². The number of hydrogen-bond donors (Lipinski definition) is 3. The highest BCUT2D eigenvalue weighted by molar-refractivity contribution is 7.18. The second kappa shape index (κ2) is 5.14. The Kier molecular flexibility index (Phi) is 3.72. The van der Waals surface area contributed by atoms with Crippen LogP contribution >= 0.6 is 22.7 Å². The molecule has 8 heteroatoms. The van der Waals surface area contributed by atoms with E-state index >= 15 is 0 Å². The Balaban J connectivity index is 2.19. The number of nitrogens with one attached hydrogen (secondary N) is 2. The summed E-state index contributed by atoms with van der Waals surface area (Å²) in [5, 5.41) is 9.14. The third-order valence-electron chi connectivity index (χ3n) is 2.47. The fourth-order valence-electron chi connectivity index (χ4n) is 1.53. The lowest BCUT2D eigenvalue weighted by atomic mass is 10.1. The average Bonchev–Trinajstić information content (AvgIpc) is 2.96. The van der Waals surface area contributed by atoms with Gasteiger partial charge in [-0.05, 0) is 13.8 Å². The SMILES string of the molecule is CNc1nc(N)c(C(=O)NC(C)(C)c2nccs2)s1. The van der Waals surface area contributed by atoms with Crippen LogP contribution in [0.5, 0.6) is 0 Å². The maximum atomic E-state index is 12.2. The Morgan fingerprint density at radius 1 is 1.47 bits per heavy atom. The second-order valence-corrected chi connectivity index (χ2v) is 6.29. The molecule has 0 spiro atoms. The molecule has 0 saturated carbocycles. The molecule has 0 saturated heterocycles. The molecule has 19 heavy (non-hydrogen) atoms. The molecule has 2 heterocycles. The summed E-state index contributed by atoms with van der Waals surface area (Å²) in [6, 6.07) is 0. The van der Waals surface area contributed by atoms with Crippen LogP contribution in [-0.2, 0) is 5.54 Å². The van der Waals surface area contributed by atoms with Crippen molar-refractivity contribution in [3.05, 3.63) is 21.5 Å². The Bertz CT molecular complexity index is 576. The van der Waals surface area contributed by atoms with E-state index in [1.807, 2.05) is 19.2 Å². The quantitative estimate of drug-likeness (QED) is 0.801. The van der Waals surface area contributed by atoms with Gasteiger partial charge >= 0.3 is 0 Å². The highest BCUT2D eigenvalue weighted by Crippen LogP contribution is 2.27. The summed E-state index contributed by atoms with van der Waals surface area (Å²) >= 11 is 2.73. The van der Waals surface area contributed by atoms with Gasteiger partial charge in [-0.25, -0.2) is 9.97 Å². The number of amides is 1. The smallest absolute Gasteiger partial charge is 0.266 e. The molecule has 0 atom stereocenters. The normalized spacial score (nSPS) is 11.3. The molecular weight excluding hydrogens is 282 g/mol. The molecule has 102 valence electrons. The highest BCUT2D eigenvalue weighted by atomic mass is 32.1. The van der Waals surface area contributed by atoms with Gasteiger partial charge in [0.2, 0.25) is 0 Å². The maximum absolute atomic E-state index is 12.2. The van der Waals surface area contributed by atoms with Crippen molar-refractivity contribution in [2.24, 2.45) is 0 Å². The number of thiazole rings is 2. The van der Waals surface area contributed by atoms with E-state index < -0.39 is 5.54 Å². The summed E-state index contributed by atoms with van der Waals surface area (Å²) < 4.78 is 0. The van der Waals surface area contributed by atoms with Gasteiger partial charge in [0.1, 0.15) is 15.7 Å². The van der Waals surface area contributed by atoms with Crippen molar-refractivity contribution in [1.29, 1.82) is 0 Å². The number of rotatable bonds is 4. The molecule has 0 bridgehead atoms. The molecule has 0 aliphatic rings. The summed E-state index contributed by atoms with van der Waals surface area (Å²) in [6.07, 6.45) is 1.72. The van der Waals surface area contributed by atoms with Crippen LogP contribution in [0.25, 0.3) is 0 Å². The molecule has 0 radical (unpaired) electrons. The zero-order valence-corrected chi connectivity index (χ0v) is 12.5. The Morgan fingerprint density at radius 2 is 2.21 bits per heavy atom. The van der Waals surface area contributed by atoms with E-state index in [4.69, 9.17) is 5.73 Å². The molecular formula is C11H15N5OS2. The molecule has 2 rings (SSSR count). The van der Waals surface area contributed by atoms with E-state index in [-0.39, 0.29) is 11.7 Å². The number of anilines is 2. The van der Waals surface area contributed by atoms with Crippen LogP contribution < -0.4 is 16.4 Å². The zero-order chi connectivity index (χ0) is 14.0. The van der Waals surface area contributed by atoms with Crippen molar-refractivity contribution in [2.75, 3.05) is 18.1 Å². The summed E-state index contributed by atoms with van der Waals surface area (Å²) in [5.74, 6) is -0.00140. The van der Waals surface area contributed by atoms with Crippen LogP contribution in [0.15, 0.2) is 11.6 Å². The minimum atomic E-state index is -0.540. The van der Waals surface area contributed by atoms with Crippen LogP contribution in [-0.4, -0.2) is 22.9 Å². The van der Waals surface area contributed by atoms with E-state index in [1.54, 1.807) is 13.2 Å². The first-order chi connectivity index (χ1) is 8.94. The van der Waals surface area contributed by atoms with E-state index in [0.717, 1.165) is 5.01 Å². The number of nitrogen functional groups attached to an aromatic ring is 1. The molecule has 0 aliphatic carbocycles. The van der Waals surface area contributed by atoms with Crippen molar-refractivity contribution in [2.45, 2.75) is 19.4 Å². The first-order valence-electron chi connectivity index (χ1n) is 5.60. The van der Waals surface area contributed by atoms with Gasteiger partial charge in [0.25, 0.3) is 5.91 Å². The van der Waals surface area contributed by atoms with Crippen LogP contribution in [0, 0.1) is 0 Å². The minimum Gasteiger partial charge on any atom is -0.382 e. The topological polar surface area (TPSA) is 92.9 Å². The zero-order valence-electron chi connectivity index (χ0n) is 10.9. The number of nitrogens with zero attached hydrogens (tertiary/aromatic N) is 2. The maximum Gasteiger partial charge on any atom is 0.266 e. The average molecular weight is 297 g/mol. The van der Waals surface area contributed by atoms with Crippen LogP contribution in [0.4, 0.5) is 10.9 Å². The Morgan fingerprint density at radius 3 is 2.74 bits per heavy atom. The van der Waals surface area contributed by atoms with E-state index in [2.05, 4.69) is 20.6 Å².